The van der Waals surface area contributed by atoms with E-state index in [1.54, 1.807) is 48.8 Å². The van der Waals surface area contributed by atoms with Crippen LogP contribution in [0.3, 0.4) is 0 Å². The molecule has 18 atom stereocenters. The summed E-state index contributed by atoms with van der Waals surface area (Å²) in [6.45, 7) is 35.1. The molecule has 388 valence electrons. The number of hydrogen-bond donors (Lipinski definition) is 2. The lowest BCUT2D eigenvalue weighted by molar-refractivity contribution is -0.316. The third kappa shape index (κ3) is 14.7. The lowest BCUT2D eigenvalue weighted by Crippen LogP contribution is -2.63. The molecule has 3 rings (SSSR count). The number of esters is 1. The van der Waals surface area contributed by atoms with Gasteiger partial charge in [-0.1, -0.05) is 32.9 Å². The number of hydrogen-bond acceptors (Lipinski definition) is 16. The summed E-state index contributed by atoms with van der Waals surface area (Å²) in [5.41, 5.74) is -3.44. The summed E-state index contributed by atoms with van der Waals surface area (Å²) in [5, 5.41) is 29.1. The third-order valence-corrected chi connectivity index (χ3v) is 16.0. The van der Waals surface area contributed by atoms with Gasteiger partial charge in [-0.05, 0) is 114 Å². The first-order valence-electron chi connectivity index (χ1n) is 24.3. The first-order valence-corrected chi connectivity index (χ1v) is 31.1. The Morgan fingerprint density at radius 1 is 0.818 bits per heavy atom. The molecule has 16 nitrogen and oxygen atoms in total. The van der Waals surface area contributed by atoms with E-state index in [4.69, 9.17) is 51.6 Å². The quantitative estimate of drug-likeness (QED) is 0.0721. The van der Waals surface area contributed by atoms with Crippen LogP contribution < -0.4 is 0 Å². The Morgan fingerprint density at radius 2 is 1.38 bits per heavy atom. The second kappa shape index (κ2) is 23.0. The standard InChI is InChI=1S/C48H94N2O14Si2/c1-24-35-48(12,53)40(51)30(4)37(49-64-45(8,9)54-15)28(2)26-46(10,55-16)41(61-44-39(62-65(18,19)20)34(50(13)14)25-29(3)57-44)31(5)38(32(6)43(52)59-35)60-36-27-47(11,56-17)42(33(7)58-36)63-66(21,22)23/h28-36,38-42,44,51,53H,24-27H2,1-23H3/b49-37+/t28-,29-,30+,31+,32-,33+,34+,35-,36+,38+,39+,40-,41-,42+,44+,46-,47-,48-/m1/s1. The molecule has 3 saturated heterocycles. The van der Waals surface area contributed by atoms with Crippen LogP contribution in [0.25, 0.3) is 0 Å². The molecule has 0 aromatic heterocycles. The van der Waals surface area contributed by atoms with Gasteiger partial charge in [-0.3, -0.25) is 4.79 Å². The summed E-state index contributed by atoms with van der Waals surface area (Å²) in [6, 6.07) is -0.0377. The highest BCUT2D eigenvalue weighted by molar-refractivity contribution is 6.70. The fraction of sp³-hybridized carbons (Fsp3) is 0.958. The fourth-order valence-electron chi connectivity index (χ4n) is 10.1. The maximum atomic E-state index is 14.8. The molecule has 0 spiro atoms. The van der Waals surface area contributed by atoms with Crippen LogP contribution in [-0.4, -0.2) is 169 Å². The molecule has 2 N–H and O–H groups in total. The van der Waals surface area contributed by atoms with Crippen molar-refractivity contribution in [3.63, 3.8) is 0 Å². The summed E-state index contributed by atoms with van der Waals surface area (Å²) >= 11 is 0. The van der Waals surface area contributed by atoms with Crippen LogP contribution in [0.4, 0.5) is 0 Å². The minimum atomic E-state index is -2.19. The van der Waals surface area contributed by atoms with Crippen molar-refractivity contribution < 1.29 is 66.6 Å². The van der Waals surface area contributed by atoms with E-state index in [1.165, 1.54) is 14.0 Å². The maximum Gasteiger partial charge on any atom is 0.311 e. The number of oxime groups is 1. The SMILES string of the molecule is CC[C@H]1OC(=O)[C@H](C)[C@@H](O[C@H]2C[C@@](C)(OC)[C@@H](O[Si](C)(C)C)[C@H](C)O2)[C@H](C)[C@@H](O[C@@H]2O[C@H](C)C[C@H](N(C)C)[C@@H]2O[Si](C)(C)C)[C@](C)(OC)C[C@@H](C)/C(=N\OC(C)(C)OC)[C@H](C)[C@@H](O)[C@]1(C)O. The van der Waals surface area contributed by atoms with Crippen LogP contribution in [0, 0.1) is 23.7 Å². The van der Waals surface area contributed by atoms with Crippen molar-refractivity contribution in [3.8, 4) is 0 Å². The molecule has 0 amide bonds. The predicted molar refractivity (Wildman–Crippen MR) is 260 cm³/mol. The second-order valence-electron chi connectivity index (χ2n) is 22.9. The summed E-state index contributed by atoms with van der Waals surface area (Å²) in [5.74, 6) is -4.58. The van der Waals surface area contributed by atoms with Crippen molar-refractivity contribution in [2.75, 3.05) is 35.4 Å². The van der Waals surface area contributed by atoms with Crippen molar-refractivity contribution in [1.82, 2.24) is 4.90 Å². The summed E-state index contributed by atoms with van der Waals surface area (Å²) in [7, 11) is 4.68. The number of aliphatic hydroxyl groups excluding tert-OH is 1. The molecule has 0 saturated carbocycles. The maximum absolute atomic E-state index is 14.8. The number of cyclic esters (lactones) is 1. The molecule has 0 aromatic carbocycles. The Kier molecular flexibility index (Phi) is 20.6. The van der Waals surface area contributed by atoms with Gasteiger partial charge in [0.1, 0.15) is 17.8 Å². The summed E-state index contributed by atoms with van der Waals surface area (Å²) in [4.78, 5) is 23.0. The average molecular weight is 979 g/mol. The van der Waals surface area contributed by atoms with Gasteiger partial charge in [0, 0.05) is 65.4 Å². The Balaban J connectivity index is 2.39. The number of nitrogens with zero attached hydrogens (tertiary/aromatic N) is 2. The van der Waals surface area contributed by atoms with E-state index in [0.717, 1.165) is 6.42 Å². The Bertz CT molecular complexity index is 1580. The minimum Gasteiger partial charge on any atom is -0.459 e. The zero-order chi connectivity index (χ0) is 50.7. The van der Waals surface area contributed by atoms with E-state index in [1.807, 2.05) is 55.6 Å². The van der Waals surface area contributed by atoms with Gasteiger partial charge in [0.25, 0.3) is 0 Å². The van der Waals surface area contributed by atoms with Crippen LogP contribution >= 0.6 is 0 Å². The monoisotopic (exact) mass is 979 g/mol. The summed E-state index contributed by atoms with van der Waals surface area (Å²) in [6.07, 6.45) is -5.99. The fourth-order valence-corrected chi connectivity index (χ4v) is 12.4. The highest BCUT2D eigenvalue weighted by Crippen LogP contribution is 2.43. The smallest absolute Gasteiger partial charge is 0.311 e. The largest absolute Gasteiger partial charge is 0.459 e. The van der Waals surface area contributed by atoms with Crippen molar-refractivity contribution in [3.05, 3.63) is 0 Å². The molecule has 3 aliphatic rings. The molecule has 3 heterocycles. The van der Waals surface area contributed by atoms with E-state index in [9.17, 15) is 15.0 Å². The molecule has 0 unspecified atom stereocenters. The molecule has 0 radical (unpaired) electrons. The Hall–Kier alpha value is -1.11. The molecular weight excluding hydrogens is 885 g/mol. The van der Waals surface area contributed by atoms with E-state index in [2.05, 4.69) is 49.3 Å². The first-order chi connectivity index (χ1) is 30.1. The molecule has 3 fully saturated rings. The van der Waals surface area contributed by atoms with Crippen molar-refractivity contribution in [1.29, 1.82) is 0 Å². The van der Waals surface area contributed by atoms with E-state index < -0.39 is 118 Å². The van der Waals surface area contributed by atoms with Crippen LogP contribution in [-0.2, 0) is 56.4 Å². The van der Waals surface area contributed by atoms with Crippen molar-refractivity contribution in [2.45, 2.75) is 238 Å². The first kappa shape index (κ1) is 59.2. The van der Waals surface area contributed by atoms with Gasteiger partial charge < -0.3 is 66.7 Å². The predicted octanol–water partition coefficient (Wildman–Crippen LogP) is 7.34. The molecular formula is C48H94N2O14Si2. The number of carbonyl (C=O) groups is 1. The zero-order valence-electron chi connectivity index (χ0n) is 45.2. The lowest BCUT2D eigenvalue weighted by Gasteiger charge is -2.51. The summed E-state index contributed by atoms with van der Waals surface area (Å²) < 4.78 is 66.4. The van der Waals surface area contributed by atoms with Gasteiger partial charge in [-0.15, -0.1) is 0 Å². The molecule has 0 aromatic rings. The Morgan fingerprint density at radius 3 is 1.88 bits per heavy atom. The molecule has 3 aliphatic heterocycles. The number of likely N-dealkylation sites (N-methyl/N-ethyl adjacent to an activating group) is 1. The topological polar surface area (TPSA) is 175 Å². The number of methoxy groups -OCH3 is 3. The minimum absolute atomic E-state index is 0.0377. The molecule has 0 aliphatic carbocycles. The number of carbonyl (C=O) groups excluding carboxylic acids is 1. The highest BCUT2D eigenvalue weighted by Gasteiger charge is 2.55. The highest BCUT2D eigenvalue weighted by atomic mass is 28.4. The van der Waals surface area contributed by atoms with Crippen LogP contribution in [0.1, 0.15) is 109 Å². The van der Waals surface area contributed by atoms with Gasteiger partial charge in [0.05, 0.1) is 59.5 Å². The van der Waals surface area contributed by atoms with Gasteiger partial charge in [0.2, 0.25) is 5.79 Å². The van der Waals surface area contributed by atoms with E-state index in [-0.39, 0.29) is 31.1 Å². The Labute approximate surface area is 400 Å². The van der Waals surface area contributed by atoms with Gasteiger partial charge >= 0.3 is 5.97 Å². The van der Waals surface area contributed by atoms with Crippen molar-refractivity contribution >= 4 is 28.3 Å². The lowest BCUT2D eigenvalue weighted by atomic mass is 9.73. The normalized spacial score (nSPS) is 42.5. The number of ether oxygens (including phenoxy) is 8. The number of rotatable bonds is 15. The van der Waals surface area contributed by atoms with Gasteiger partial charge in [0.15, 0.2) is 29.2 Å². The second-order valence-corrected chi connectivity index (χ2v) is 31.8. The van der Waals surface area contributed by atoms with E-state index >= 15 is 0 Å². The third-order valence-electron chi connectivity index (χ3n) is 14.1. The molecule has 0 bridgehead atoms. The van der Waals surface area contributed by atoms with E-state index in [0.29, 0.717) is 12.1 Å². The molecule has 66 heavy (non-hydrogen) atoms. The van der Waals surface area contributed by atoms with Crippen molar-refractivity contribution in [2.24, 2.45) is 28.8 Å². The van der Waals surface area contributed by atoms with Gasteiger partial charge in [-0.2, -0.15) is 0 Å². The molecule has 18 heteroatoms. The van der Waals surface area contributed by atoms with Crippen LogP contribution in [0.5, 0.6) is 0 Å². The zero-order valence-corrected chi connectivity index (χ0v) is 47.2. The average Bonchev–Trinajstić information content (AvgIpc) is 3.20. The van der Waals surface area contributed by atoms with Gasteiger partial charge in [-0.25, -0.2) is 0 Å². The number of aliphatic hydroxyl groups is 2. The van der Waals surface area contributed by atoms with Crippen LogP contribution in [0.15, 0.2) is 5.16 Å². The van der Waals surface area contributed by atoms with Crippen LogP contribution in [0.2, 0.25) is 39.3 Å².